The molecule has 2 heterocycles. The Labute approximate surface area is 143 Å². The Morgan fingerprint density at radius 2 is 1.88 bits per heavy atom. The van der Waals surface area contributed by atoms with E-state index in [-0.39, 0.29) is 11.7 Å². The van der Waals surface area contributed by atoms with Gasteiger partial charge in [0.1, 0.15) is 11.5 Å². The lowest BCUT2D eigenvalue weighted by Crippen LogP contribution is -2.29. The molecule has 0 spiro atoms. The van der Waals surface area contributed by atoms with E-state index in [1.165, 1.54) is 12.1 Å². The number of rotatable bonds is 2. The van der Waals surface area contributed by atoms with Crippen LogP contribution in [0.5, 0.6) is 0 Å². The van der Waals surface area contributed by atoms with Crippen molar-refractivity contribution in [3.05, 3.63) is 76.7 Å². The number of fused-ring (bicyclic) bond motifs is 1. The van der Waals surface area contributed by atoms with E-state index in [0.29, 0.717) is 23.8 Å². The molecule has 1 aliphatic rings. The molecular formula is C19H14ClFN2O. The van der Waals surface area contributed by atoms with Crippen LogP contribution >= 0.6 is 11.6 Å². The van der Waals surface area contributed by atoms with Crippen LogP contribution in [0.25, 0.3) is 16.5 Å². The van der Waals surface area contributed by atoms with E-state index in [2.05, 4.69) is 4.98 Å². The van der Waals surface area contributed by atoms with Crippen LogP contribution in [-0.4, -0.2) is 28.9 Å². The van der Waals surface area contributed by atoms with Gasteiger partial charge < -0.3 is 9.88 Å². The number of hydrogen-bond donors (Lipinski definition) is 1. The SMILES string of the molecule is O=C(c1[nH]c2ccccc2c1Cl)N1CC=C(c2ccc(F)cc2)C1. The van der Waals surface area contributed by atoms with E-state index < -0.39 is 0 Å². The Morgan fingerprint density at radius 3 is 2.62 bits per heavy atom. The highest BCUT2D eigenvalue weighted by molar-refractivity contribution is 6.38. The highest BCUT2D eigenvalue weighted by Gasteiger charge is 2.25. The zero-order valence-electron chi connectivity index (χ0n) is 12.7. The van der Waals surface area contributed by atoms with Gasteiger partial charge in [0.15, 0.2) is 0 Å². The molecule has 24 heavy (non-hydrogen) atoms. The van der Waals surface area contributed by atoms with Crippen molar-refractivity contribution in [1.29, 1.82) is 0 Å². The van der Waals surface area contributed by atoms with E-state index in [1.54, 1.807) is 17.0 Å². The second-order valence-corrected chi connectivity index (χ2v) is 6.16. The molecule has 0 atom stereocenters. The number of halogens is 2. The number of carbonyl (C=O) groups excluding carboxylic acids is 1. The van der Waals surface area contributed by atoms with Gasteiger partial charge >= 0.3 is 0 Å². The molecule has 4 rings (SSSR count). The van der Waals surface area contributed by atoms with Crippen molar-refractivity contribution in [3.8, 4) is 0 Å². The molecule has 0 aliphatic carbocycles. The Balaban J connectivity index is 1.58. The van der Waals surface area contributed by atoms with Crippen molar-refractivity contribution >= 4 is 34.0 Å². The number of nitrogens with zero attached hydrogens (tertiary/aromatic N) is 1. The van der Waals surface area contributed by atoms with Crippen LogP contribution in [0.4, 0.5) is 4.39 Å². The average Bonchev–Trinajstić information content (AvgIpc) is 3.21. The molecule has 0 unspecified atom stereocenters. The van der Waals surface area contributed by atoms with Crippen LogP contribution in [0.2, 0.25) is 5.02 Å². The molecule has 1 N–H and O–H groups in total. The molecule has 5 heteroatoms. The summed E-state index contributed by atoms with van der Waals surface area (Å²) in [6.07, 6.45) is 1.99. The number of aromatic amines is 1. The van der Waals surface area contributed by atoms with Crippen molar-refractivity contribution in [2.75, 3.05) is 13.1 Å². The van der Waals surface area contributed by atoms with E-state index in [0.717, 1.165) is 22.0 Å². The van der Waals surface area contributed by atoms with Gasteiger partial charge in [-0.2, -0.15) is 0 Å². The number of aromatic nitrogens is 1. The summed E-state index contributed by atoms with van der Waals surface area (Å²) in [7, 11) is 0. The second-order valence-electron chi connectivity index (χ2n) is 5.78. The van der Waals surface area contributed by atoms with Crippen molar-refractivity contribution in [2.24, 2.45) is 0 Å². The topological polar surface area (TPSA) is 36.1 Å². The summed E-state index contributed by atoms with van der Waals surface area (Å²) in [4.78, 5) is 17.6. The van der Waals surface area contributed by atoms with Gasteiger partial charge in [-0.3, -0.25) is 4.79 Å². The van der Waals surface area contributed by atoms with Crippen LogP contribution < -0.4 is 0 Å². The van der Waals surface area contributed by atoms with Crippen LogP contribution in [-0.2, 0) is 0 Å². The van der Waals surface area contributed by atoms with Crippen LogP contribution in [0.15, 0.2) is 54.6 Å². The van der Waals surface area contributed by atoms with Gasteiger partial charge in [-0.15, -0.1) is 0 Å². The van der Waals surface area contributed by atoms with Gasteiger partial charge in [0, 0.05) is 24.0 Å². The molecule has 120 valence electrons. The summed E-state index contributed by atoms with van der Waals surface area (Å²) in [6, 6.07) is 13.9. The maximum absolute atomic E-state index is 13.0. The third kappa shape index (κ3) is 2.49. The normalized spacial score (nSPS) is 14.2. The largest absolute Gasteiger partial charge is 0.349 e. The standard InChI is InChI=1S/C19H14ClFN2O/c20-17-15-3-1-2-4-16(15)22-18(17)19(24)23-10-9-13(11-23)12-5-7-14(21)8-6-12/h1-9,22H,10-11H2. The lowest BCUT2D eigenvalue weighted by molar-refractivity contribution is 0.0797. The molecular weight excluding hydrogens is 327 g/mol. The number of hydrogen-bond acceptors (Lipinski definition) is 1. The smallest absolute Gasteiger partial charge is 0.272 e. The number of nitrogens with one attached hydrogen (secondary N) is 1. The molecule has 0 saturated carbocycles. The maximum Gasteiger partial charge on any atom is 0.272 e. The molecule has 2 aromatic carbocycles. The van der Waals surface area contributed by atoms with Gasteiger partial charge in [-0.05, 0) is 29.3 Å². The summed E-state index contributed by atoms with van der Waals surface area (Å²) in [5, 5.41) is 1.29. The Bertz CT molecular complexity index is 959. The fourth-order valence-electron chi connectivity index (χ4n) is 3.00. The fraction of sp³-hybridized carbons (Fsp3) is 0.105. The molecule has 0 saturated heterocycles. The lowest BCUT2D eigenvalue weighted by Gasteiger charge is -2.16. The summed E-state index contributed by atoms with van der Waals surface area (Å²) < 4.78 is 13.0. The molecule has 3 nitrogen and oxygen atoms in total. The average molecular weight is 341 g/mol. The molecule has 0 bridgehead atoms. The molecule has 0 fully saturated rings. The van der Waals surface area contributed by atoms with Gasteiger partial charge in [0.25, 0.3) is 5.91 Å². The minimum atomic E-state index is -0.268. The van der Waals surface area contributed by atoms with E-state index in [1.807, 2.05) is 30.3 Å². The predicted molar refractivity (Wildman–Crippen MR) is 93.6 cm³/mol. The van der Waals surface area contributed by atoms with Crippen molar-refractivity contribution < 1.29 is 9.18 Å². The zero-order valence-corrected chi connectivity index (χ0v) is 13.5. The maximum atomic E-state index is 13.0. The van der Waals surface area contributed by atoms with Crippen LogP contribution in [0.3, 0.4) is 0 Å². The molecule has 0 radical (unpaired) electrons. The predicted octanol–water partition coefficient (Wildman–Crippen LogP) is 4.50. The zero-order chi connectivity index (χ0) is 16.7. The van der Waals surface area contributed by atoms with Gasteiger partial charge in [-0.25, -0.2) is 4.39 Å². The fourth-order valence-corrected chi connectivity index (χ4v) is 3.29. The summed E-state index contributed by atoms with van der Waals surface area (Å²) in [6.45, 7) is 0.993. The highest BCUT2D eigenvalue weighted by Crippen LogP contribution is 2.30. The van der Waals surface area contributed by atoms with E-state index >= 15 is 0 Å². The Kier molecular flexibility index (Phi) is 3.62. The number of amides is 1. The number of carbonyl (C=O) groups is 1. The summed E-state index contributed by atoms with van der Waals surface area (Å²) in [5.41, 5.74) is 3.19. The monoisotopic (exact) mass is 340 g/mol. The minimum Gasteiger partial charge on any atom is -0.349 e. The molecule has 3 aromatic rings. The summed E-state index contributed by atoms with van der Waals surface area (Å²) in [5.74, 6) is -0.403. The summed E-state index contributed by atoms with van der Waals surface area (Å²) >= 11 is 6.36. The third-order valence-corrected chi connectivity index (χ3v) is 4.67. The van der Waals surface area contributed by atoms with E-state index in [4.69, 9.17) is 11.6 Å². The highest BCUT2D eigenvalue weighted by atomic mass is 35.5. The number of H-pyrrole nitrogens is 1. The van der Waals surface area contributed by atoms with Crippen LogP contribution in [0.1, 0.15) is 16.1 Å². The van der Waals surface area contributed by atoms with Crippen molar-refractivity contribution in [1.82, 2.24) is 9.88 Å². The molecule has 1 amide bonds. The third-order valence-electron chi connectivity index (χ3n) is 4.28. The first-order valence-electron chi connectivity index (χ1n) is 7.64. The molecule has 1 aliphatic heterocycles. The van der Waals surface area contributed by atoms with Crippen LogP contribution in [0, 0.1) is 5.82 Å². The van der Waals surface area contributed by atoms with Crippen molar-refractivity contribution in [2.45, 2.75) is 0 Å². The lowest BCUT2D eigenvalue weighted by atomic mass is 10.1. The first-order valence-corrected chi connectivity index (χ1v) is 8.02. The Morgan fingerprint density at radius 1 is 1.12 bits per heavy atom. The number of para-hydroxylation sites is 1. The van der Waals surface area contributed by atoms with Crippen molar-refractivity contribution in [3.63, 3.8) is 0 Å². The van der Waals surface area contributed by atoms with Gasteiger partial charge in [0.2, 0.25) is 0 Å². The first kappa shape index (κ1) is 15.0. The first-order chi connectivity index (χ1) is 11.6. The van der Waals surface area contributed by atoms with Gasteiger partial charge in [0.05, 0.1) is 5.02 Å². The molecule has 1 aromatic heterocycles. The second kappa shape index (κ2) is 5.80. The number of benzene rings is 2. The van der Waals surface area contributed by atoms with Gasteiger partial charge in [-0.1, -0.05) is 48.0 Å². The Hall–Kier alpha value is -2.59. The quantitative estimate of drug-likeness (QED) is 0.732. The minimum absolute atomic E-state index is 0.135. The van der Waals surface area contributed by atoms with E-state index in [9.17, 15) is 9.18 Å².